The summed E-state index contributed by atoms with van der Waals surface area (Å²) >= 11 is 1.80. The molecule has 0 aromatic rings. The summed E-state index contributed by atoms with van der Waals surface area (Å²) in [5.41, 5.74) is 3.89. The molecule has 2 aliphatic rings. The van der Waals surface area contributed by atoms with E-state index in [0.29, 0.717) is 44.7 Å². The van der Waals surface area contributed by atoms with Gasteiger partial charge in [-0.2, -0.15) is 11.8 Å². The lowest BCUT2D eigenvalue weighted by molar-refractivity contribution is -0.143. The third kappa shape index (κ3) is 24.6. The minimum atomic E-state index is -0.914. The number of nitrogens with two attached hydrogens (primary N) is 1. The topological polar surface area (TPSA) is 163 Å². The summed E-state index contributed by atoms with van der Waals surface area (Å²) in [5.74, 6) is -0.989. The number of likely N-dealkylation sites (tertiary alicyclic amines) is 1. The first-order chi connectivity index (χ1) is 25.0. The van der Waals surface area contributed by atoms with Crippen molar-refractivity contribution >= 4 is 41.3 Å². The molecule has 3 unspecified atom stereocenters. The molecule has 0 aromatic heterocycles. The monoisotopic (exact) mass is 773 g/mol. The number of rotatable bonds is 17. The van der Waals surface area contributed by atoms with Crippen LogP contribution >= 0.6 is 11.8 Å². The van der Waals surface area contributed by atoms with Crippen LogP contribution in [0.15, 0.2) is 0 Å². The van der Waals surface area contributed by atoms with Crippen LogP contribution in [0.4, 0.5) is 4.79 Å². The van der Waals surface area contributed by atoms with Crippen LogP contribution in [0.2, 0.25) is 0 Å². The molecule has 1 aliphatic carbocycles. The molecule has 0 spiro atoms. The Balaban J connectivity index is -0.00000226. The molecular formula is C41H84N6O5S. The van der Waals surface area contributed by atoms with Gasteiger partial charge in [0.15, 0.2) is 0 Å². The van der Waals surface area contributed by atoms with E-state index in [1.165, 1.54) is 24.8 Å². The first kappa shape index (κ1) is 55.0. The Labute approximate surface area is 330 Å². The van der Waals surface area contributed by atoms with E-state index in [-0.39, 0.29) is 16.7 Å². The first-order valence-electron chi connectivity index (χ1n) is 20.7. The molecule has 5 amide bonds. The molecule has 2 fully saturated rings. The second kappa shape index (κ2) is 30.9. The summed E-state index contributed by atoms with van der Waals surface area (Å²) in [5, 5.41) is 11.5. The molecule has 4 atom stereocenters. The second-order valence-corrected chi connectivity index (χ2v) is 17.1. The Morgan fingerprint density at radius 3 is 1.81 bits per heavy atom. The minimum absolute atomic E-state index is 0.0272. The number of carbonyl (C=O) groups is 5. The van der Waals surface area contributed by atoms with Gasteiger partial charge in [-0.15, -0.1) is 0 Å². The zero-order chi connectivity index (χ0) is 41.8. The van der Waals surface area contributed by atoms with E-state index in [1.807, 2.05) is 55.4 Å². The highest BCUT2D eigenvalue weighted by molar-refractivity contribution is 8.00. The van der Waals surface area contributed by atoms with Gasteiger partial charge >= 0.3 is 6.03 Å². The number of carbonyl (C=O) groups excluding carboxylic acids is 5. The highest BCUT2D eigenvalue weighted by Crippen LogP contribution is 2.34. The van der Waals surface area contributed by atoms with E-state index in [2.05, 4.69) is 68.5 Å². The minimum Gasteiger partial charge on any atom is -0.349 e. The van der Waals surface area contributed by atoms with E-state index in [1.54, 1.807) is 11.8 Å². The molecule has 53 heavy (non-hydrogen) atoms. The fourth-order valence-corrected chi connectivity index (χ4v) is 6.10. The smallest absolute Gasteiger partial charge is 0.315 e. The standard InChI is InChI=1S/C32H57N5O5S.C4H10.2C2H6.CH5N/c1-9-11-13-22(20-43-32(6,7)8)34-30(42)36-26(31(3,4)5)29(41)37-18-12-14-24(37)27(39)35-23(19-21-15-16-21)25(38)28(40)33-17-10-2;1-3-4-2;3*1-2/h21-24,26H,9-20H2,1-8H3,(H,33,40)(H,35,39)(H2,34,36,42);3-4H2,1-2H3;2*1-2H3;2H2,1H3/t22?,23?,24-,26?;;;;/m0..../s1. The fourth-order valence-electron chi connectivity index (χ4n) is 5.14. The number of nitrogens with zero attached hydrogens (tertiary/aromatic N) is 1. The van der Waals surface area contributed by atoms with Gasteiger partial charge in [0.2, 0.25) is 17.6 Å². The van der Waals surface area contributed by atoms with Crippen molar-refractivity contribution in [3.8, 4) is 0 Å². The van der Waals surface area contributed by atoms with Crippen LogP contribution in [0, 0.1) is 11.3 Å². The van der Waals surface area contributed by atoms with Crippen LogP contribution in [0.25, 0.3) is 0 Å². The van der Waals surface area contributed by atoms with Crippen LogP contribution in [0.1, 0.15) is 168 Å². The molecule has 6 N–H and O–H groups in total. The predicted molar refractivity (Wildman–Crippen MR) is 226 cm³/mol. The molecule has 0 radical (unpaired) electrons. The molecule has 0 bridgehead atoms. The summed E-state index contributed by atoms with van der Waals surface area (Å²) < 4.78 is 0.0689. The second-order valence-electron chi connectivity index (χ2n) is 15.2. The lowest BCUT2D eigenvalue weighted by atomic mass is 9.85. The van der Waals surface area contributed by atoms with Crippen molar-refractivity contribution in [2.45, 2.75) is 196 Å². The molecule has 1 heterocycles. The van der Waals surface area contributed by atoms with Gasteiger partial charge in [0.25, 0.3) is 5.91 Å². The predicted octanol–water partition coefficient (Wildman–Crippen LogP) is 7.60. The molecule has 1 saturated carbocycles. The largest absolute Gasteiger partial charge is 0.349 e. The Kier molecular flexibility index (Phi) is 32.1. The zero-order valence-corrected chi connectivity index (χ0v) is 37.6. The fraction of sp³-hybridized carbons (Fsp3) is 0.878. The molecule has 1 saturated heterocycles. The normalized spacial score (nSPS) is 16.5. The summed E-state index contributed by atoms with van der Waals surface area (Å²) in [4.78, 5) is 67.6. The van der Waals surface area contributed by atoms with Gasteiger partial charge in [0.1, 0.15) is 12.1 Å². The summed E-state index contributed by atoms with van der Waals surface area (Å²) in [6.07, 6.45) is 9.66. The van der Waals surface area contributed by atoms with Crippen molar-refractivity contribution in [2.24, 2.45) is 17.1 Å². The maximum atomic E-state index is 14.0. The number of hydrogen-bond acceptors (Lipinski definition) is 7. The first-order valence-corrected chi connectivity index (χ1v) is 21.7. The Hall–Kier alpha value is -2.34. The van der Waals surface area contributed by atoms with Crippen LogP contribution < -0.4 is 27.0 Å². The van der Waals surface area contributed by atoms with E-state index < -0.39 is 47.2 Å². The molecule has 314 valence electrons. The summed E-state index contributed by atoms with van der Waals surface area (Å²) in [7, 11) is 1.50. The van der Waals surface area contributed by atoms with Crippen LogP contribution in [0.5, 0.6) is 0 Å². The molecule has 12 heteroatoms. The average molecular weight is 773 g/mol. The maximum Gasteiger partial charge on any atom is 0.315 e. The molecule has 0 aromatic carbocycles. The Bertz CT molecular complexity index is 1010. The highest BCUT2D eigenvalue weighted by Gasteiger charge is 2.43. The van der Waals surface area contributed by atoms with E-state index in [0.717, 1.165) is 37.9 Å². The van der Waals surface area contributed by atoms with Gasteiger partial charge in [-0.3, -0.25) is 19.2 Å². The van der Waals surface area contributed by atoms with Crippen LogP contribution in [0.3, 0.4) is 0 Å². The molecule has 11 nitrogen and oxygen atoms in total. The van der Waals surface area contributed by atoms with Gasteiger partial charge < -0.3 is 31.9 Å². The van der Waals surface area contributed by atoms with Crippen molar-refractivity contribution in [3.05, 3.63) is 0 Å². The molecule has 1 aliphatic heterocycles. The average Bonchev–Trinajstić information content (AvgIpc) is 3.82. The summed E-state index contributed by atoms with van der Waals surface area (Å²) in [6, 6.07) is -2.96. The number of ketones is 1. The van der Waals surface area contributed by atoms with E-state index >= 15 is 0 Å². The maximum absolute atomic E-state index is 14.0. The third-order valence-corrected chi connectivity index (χ3v) is 9.78. The SMILES string of the molecule is CC.CC.CCCC.CCCCC(CSC(C)(C)C)NC(=O)NC(C(=O)N1CCC[C@H]1C(=O)NC(CC1CC1)C(=O)C(=O)NCCC)C(C)(C)C.CN. The number of amides is 5. The van der Waals surface area contributed by atoms with Crippen LogP contribution in [-0.4, -0.2) is 89.2 Å². The quantitative estimate of drug-likeness (QED) is 0.0952. The van der Waals surface area contributed by atoms with Gasteiger partial charge in [-0.25, -0.2) is 4.79 Å². The lowest BCUT2D eigenvalue weighted by Gasteiger charge is -2.36. The van der Waals surface area contributed by atoms with E-state index in [9.17, 15) is 24.0 Å². The van der Waals surface area contributed by atoms with Crippen LogP contribution in [-0.2, 0) is 19.2 Å². The number of Topliss-reactive ketones (excluding diaryl/α,β-unsaturated/α-hetero) is 1. The highest BCUT2D eigenvalue weighted by atomic mass is 32.2. The third-order valence-electron chi connectivity index (χ3n) is 8.34. The van der Waals surface area contributed by atoms with Gasteiger partial charge in [0, 0.05) is 29.6 Å². The number of thioether (sulfide) groups is 1. The lowest BCUT2D eigenvalue weighted by Crippen LogP contribution is -2.60. The number of urea groups is 1. The number of unbranched alkanes of at least 4 members (excludes halogenated alkanes) is 2. The van der Waals surface area contributed by atoms with Crippen molar-refractivity contribution < 1.29 is 24.0 Å². The van der Waals surface area contributed by atoms with Crippen molar-refractivity contribution in [3.63, 3.8) is 0 Å². The molecule has 2 rings (SSSR count). The van der Waals surface area contributed by atoms with Gasteiger partial charge in [-0.1, -0.05) is 135 Å². The van der Waals surface area contributed by atoms with E-state index in [4.69, 9.17) is 0 Å². The Morgan fingerprint density at radius 1 is 0.792 bits per heavy atom. The number of nitrogens with one attached hydrogen (secondary N) is 4. The number of hydrogen-bond donors (Lipinski definition) is 5. The zero-order valence-electron chi connectivity index (χ0n) is 36.8. The molecular weight excluding hydrogens is 689 g/mol. The van der Waals surface area contributed by atoms with Gasteiger partial charge in [-0.05, 0) is 50.5 Å². The summed E-state index contributed by atoms with van der Waals surface area (Å²) in [6.45, 7) is 29.3. The van der Waals surface area contributed by atoms with Crippen molar-refractivity contribution in [1.29, 1.82) is 0 Å². The van der Waals surface area contributed by atoms with Crippen molar-refractivity contribution in [2.75, 3.05) is 25.9 Å². The Morgan fingerprint density at radius 2 is 1.36 bits per heavy atom. The van der Waals surface area contributed by atoms with Crippen molar-refractivity contribution in [1.82, 2.24) is 26.2 Å². The van der Waals surface area contributed by atoms with Gasteiger partial charge in [0.05, 0.1) is 6.04 Å².